The first kappa shape index (κ1) is 26.3. The fraction of sp³-hybridized carbons (Fsp3) is 0.375. The largest absolute Gasteiger partial charge is 0.504 e. The summed E-state index contributed by atoms with van der Waals surface area (Å²) in [5.41, 5.74) is -0.948. The van der Waals surface area contributed by atoms with Crippen LogP contribution in [0.4, 0.5) is 0 Å². The quantitative estimate of drug-likeness (QED) is 0.244. The number of aliphatic hydroxyl groups is 4. The molecule has 13 heteroatoms. The predicted molar refractivity (Wildman–Crippen MR) is 125 cm³/mol. The molecular weight excluding hydrogens is 496 g/mol. The second-order valence-corrected chi connectivity index (χ2v) is 8.13. The summed E-state index contributed by atoms with van der Waals surface area (Å²) in [7, 11) is 4.00. The zero-order valence-electron chi connectivity index (χ0n) is 19.9. The fourth-order valence-corrected chi connectivity index (χ4v) is 4.04. The zero-order chi connectivity index (χ0) is 27.0. The van der Waals surface area contributed by atoms with E-state index in [2.05, 4.69) is 0 Å². The molecule has 5 unspecified atom stereocenters. The van der Waals surface area contributed by atoms with E-state index >= 15 is 0 Å². The Kier molecular flexibility index (Phi) is 7.34. The van der Waals surface area contributed by atoms with Crippen molar-refractivity contribution in [1.29, 1.82) is 0 Å². The Labute approximate surface area is 209 Å². The number of ether oxygens (including phenoxy) is 5. The van der Waals surface area contributed by atoms with Crippen molar-refractivity contribution in [3.8, 4) is 45.8 Å². The van der Waals surface area contributed by atoms with Gasteiger partial charge in [0, 0.05) is 11.6 Å². The van der Waals surface area contributed by atoms with Gasteiger partial charge in [-0.25, -0.2) is 0 Å². The van der Waals surface area contributed by atoms with E-state index in [1.165, 1.54) is 39.5 Å². The van der Waals surface area contributed by atoms with Crippen LogP contribution < -0.4 is 24.4 Å². The normalized spacial score (nSPS) is 23.6. The van der Waals surface area contributed by atoms with Crippen LogP contribution in [0, 0.1) is 0 Å². The van der Waals surface area contributed by atoms with E-state index in [4.69, 9.17) is 28.1 Å². The number of phenolic OH excluding ortho intramolecular Hbond substituents is 2. The highest BCUT2D eigenvalue weighted by atomic mass is 16.7. The van der Waals surface area contributed by atoms with Gasteiger partial charge in [0.05, 0.1) is 27.9 Å². The fourth-order valence-electron chi connectivity index (χ4n) is 4.04. The molecule has 13 nitrogen and oxygen atoms in total. The van der Waals surface area contributed by atoms with Crippen molar-refractivity contribution in [1.82, 2.24) is 0 Å². The lowest BCUT2D eigenvalue weighted by atomic mass is 9.99. The van der Waals surface area contributed by atoms with Crippen LogP contribution in [0.5, 0.6) is 34.5 Å². The van der Waals surface area contributed by atoms with Gasteiger partial charge in [-0.05, 0) is 18.2 Å². The SMILES string of the molecule is COc1ccc(-c2oc3cc(O)c(OC)c(O)c3c(=O)c2OC2OC(CO)C(O)C(O)C2O)cc1OC. The van der Waals surface area contributed by atoms with Gasteiger partial charge in [-0.2, -0.15) is 0 Å². The molecule has 6 N–H and O–H groups in total. The highest BCUT2D eigenvalue weighted by Gasteiger charge is 2.45. The maximum Gasteiger partial charge on any atom is 0.239 e. The zero-order valence-corrected chi connectivity index (χ0v) is 19.9. The van der Waals surface area contributed by atoms with Crippen molar-refractivity contribution in [3.05, 3.63) is 34.5 Å². The Bertz CT molecular complexity index is 1350. The molecule has 5 atom stereocenters. The predicted octanol–water partition coefficient (Wildman–Crippen LogP) is 0.0757. The molecule has 1 saturated heterocycles. The highest BCUT2D eigenvalue weighted by Crippen LogP contribution is 2.44. The molecule has 2 aromatic carbocycles. The Balaban J connectivity index is 1.96. The lowest BCUT2D eigenvalue weighted by Gasteiger charge is -2.39. The van der Waals surface area contributed by atoms with Gasteiger partial charge >= 0.3 is 0 Å². The molecule has 0 saturated carbocycles. The average Bonchev–Trinajstić information content (AvgIpc) is 2.89. The summed E-state index contributed by atoms with van der Waals surface area (Å²) >= 11 is 0. The van der Waals surface area contributed by atoms with Gasteiger partial charge in [0.2, 0.25) is 23.2 Å². The van der Waals surface area contributed by atoms with Crippen LogP contribution in [0.15, 0.2) is 33.5 Å². The van der Waals surface area contributed by atoms with Crippen molar-refractivity contribution < 1.29 is 58.7 Å². The lowest BCUT2D eigenvalue weighted by Crippen LogP contribution is -2.60. The minimum Gasteiger partial charge on any atom is -0.504 e. The topological polar surface area (TPSA) is 198 Å². The summed E-state index contributed by atoms with van der Waals surface area (Å²) in [4.78, 5) is 13.6. The molecule has 0 spiro atoms. The van der Waals surface area contributed by atoms with Crippen molar-refractivity contribution in [2.45, 2.75) is 30.7 Å². The molecule has 37 heavy (non-hydrogen) atoms. The van der Waals surface area contributed by atoms with Gasteiger partial charge in [-0.1, -0.05) is 0 Å². The van der Waals surface area contributed by atoms with Gasteiger partial charge in [0.25, 0.3) is 0 Å². The van der Waals surface area contributed by atoms with E-state index in [1.54, 1.807) is 0 Å². The van der Waals surface area contributed by atoms with Crippen LogP contribution >= 0.6 is 0 Å². The number of hydrogen-bond acceptors (Lipinski definition) is 13. The molecule has 1 aromatic heterocycles. The lowest BCUT2D eigenvalue weighted by molar-refractivity contribution is -0.277. The summed E-state index contributed by atoms with van der Waals surface area (Å²) in [5, 5.41) is 60.6. The number of rotatable bonds is 7. The smallest absolute Gasteiger partial charge is 0.239 e. The average molecular weight is 522 g/mol. The Hall–Kier alpha value is -3.75. The summed E-state index contributed by atoms with van der Waals surface area (Å²) in [6.07, 6.45) is -8.33. The van der Waals surface area contributed by atoms with Gasteiger partial charge < -0.3 is 58.7 Å². The number of methoxy groups -OCH3 is 3. The second kappa shape index (κ2) is 10.3. The molecule has 0 bridgehead atoms. The Morgan fingerprint density at radius 2 is 1.59 bits per heavy atom. The summed E-state index contributed by atoms with van der Waals surface area (Å²) in [5.74, 6) is -1.78. The van der Waals surface area contributed by atoms with Crippen LogP contribution in [0.2, 0.25) is 0 Å². The van der Waals surface area contributed by atoms with Crippen molar-refractivity contribution >= 4 is 11.0 Å². The van der Waals surface area contributed by atoms with Gasteiger partial charge in [-0.3, -0.25) is 4.79 Å². The van der Waals surface area contributed by atoms with Crippen LogP contribution in [0.3, 0.4) is 0 Å². The number of benzene rings is 2. The standard InChI is InChI=1S/C24H26O13/c1-32-11-5-4-9(6-12(11)33-2)21-23(37-24-20(31)19(30)16(27)14(8-25)36-24)18(29)15-13(35-21)7-10(26)22(34-3)17(15)28/h4-7,14,16,19-20,24-28,30-31H,8H2,1-3H3. The Morgan fingerprint density at radius 3 is 2.22 bits per heavy atom. The van der Waals surface area contributed by atoms with Crippen LogP contribution in [0.1, 0.15) is 0 Å². The maximum absolute atomic E-state index is 13.6. The first-order valence-corrected chi connectivity index (χ1v) is 11.0. The molecule has 1 aliphatic heterocycles. The van der Waals surface area contributed by atoms with E-state index in [9.17, 15) is 35.4 Å². The number of fused-ring (bicyclic) bond motifs is 1. The molecule has 200 valence electrons. The van der Waals surface area contributed by atoms with Crippen molar-refractivity contribution in [2.24, 2.45) is 0 Å². The Morgan fingerprint density at radius 1 is 0.892 bits per heavy atom. The van der Waals surface area contributed by atoms with E-state index in [0.717, 1.165) is 6.07 Å². The molecule has 1 aliphatic rings. The summed E-state index contributed by atoms with van der Waals surface area (Å²) in [6.45, 7) is -0.725. The summed E-state index contributed by atoms with van der Waals surface area (Å²) < 4.78 is 32.5. The monoisotopic (exact) mass is 522 g/mol. The molecular formula is C24H26O13. The van der Waals surface area contributed by atoms with E-state index in [0.29, 0.717) is 5.75 Å². The number of aliphatic hydroxyl groups excluding tert-OH is 4. The van der Waals surface area contributed by atoms with E-state index in [-0.39, 0.29) is 22.7 Å². The van der Waals surface area contributed by atoms with Crippen LogP contribution in [-0.2, 0) is 4.74 Å². The molecule has 0 aliphatic carbocycles. The number of aromatic hydroxyl groups is 2. The first-order valence-electron chi connectivity index (χ1n) is 11.0. The third-order valence-corrected chi connectivity index (χ3v) is 5.98. The van der Waals surface area contributed by atoms with Gasteiger partial charge in [0.15, 0.2) is 28.8 Å². The molecule has 3 aromatic rings. The molecule has 0 radical (unpaired) electrons. The molecule has 1 fully saturated rings. The van der Waals surface area contributed by atoms with E-state index in [1.807, 2.05) is 0 Å². The molecule has 2 heterocycles. The third kappa shape index (κ3) is 4.47. The van der Waals surface area contributed by atoms with E-state index < -0.39 is 71.1 Å². The van der Waals surface area contributed by atoms with Crippen LogP contribution in [-0.4, -0.2) is 89.3 Å². The van der Waals surface area contributed by atoms with Crippen molar-refractivity contribution in [2.75, 3.05) is 27.9 Å². The molecule has 0 amide bonds. The van der Waals surface area contributed by atoms with Gasteiger partial charge in [-0.15, -0.1) is 0 Å². The van der Waals surface area contributed by atoms with Crippen LogP contribution in [0.25, 0.3) is 22.3 Å². The second-order valence-electron chi connectivity index (χ2n) is 8.13. The molecule has 4 rings (SSSR count). The minimum atomic E-state index is -1.84. The summed E-state index contributed by atoms with van der Waals surface area (Å²) in [6, 6.07) is 5.57. The number of hydrogen-bond donors (Lipinski definition) is 6. The third-order valence-electron chi connectivity index (χ3n) is 5.98. The first-order chi connectivity index (χ1) is 17.7. The van der Waals surface area contributed by atoms with Crippen molar-refractivity contribution in [3.63, 3.8) is 0 Å². The van der Waals surface area contributed by atoms with Gasteiger partial charge in [0.1, 0.15) is 35.4 Å². The number of phenols is 2. The highest BCUT2D eigenvalue weighted by molar-refractivity contribution is 5.91. The maximum atomic E-state index is 13.6. The minimum absolute atomic E-state index is 0.223.